The number of nitrogens with one attached hydrogen (secondary N) is 1. The first-order chi connectivity index (χ1) is 8.95. The molecule has 0 spiro atoms. The van der Waals surface area contributed by atoms with Crippen LogP contribution >= 0.6 is 23.2 Å². The van der Waals surface area contributed by atoms with Crippen LogP contribution in [0, 0.1) is 0 Å². The summed E-state index contributed by atoms with van der Waals surface area (Å²) in [7, 11) is 0. The van der Waals surface area contributed by atoms with Gasteiger partial charge in [-0.1, -0.05) is 36.2 Å². The summed E-state index contributed by atoms with van der Waals surface area (Å²) in [6.07, 6.45) is 0.802. The van der Waals surface area contributed by atoms with Crippen LogP contribution in [-0.2, 0) is 9.53 Å². The van der Waals surface area contributed by atoms with E-state index >= 15 is 0 Å². The van der Waals surface area contributed by atoms with Crippen molar-refractivity contribution in [2.75, 3.05) is 6.61 Å². The average Bonchev–Trinajstić information content (AvgIpc) is 2.36. The zero-order chi connectivity index (χ0) is 14.4. The van der Waals surface area contributed by atoms with Gasteiger partial charge in [-0.15, -0.1) is 0 Å². The van der Waals surface area contributed by atoms with E-state index < -0.39 is 5.97 Å². The molecule has 0 bridgehead atoms. The highest BCUT2D eigenvalue weighted by Gasteiger charge is 2.17. The first kappa shape index (κ1) is 15.8. The monoisotopic (exact) mass is 303 g/mol. The van der Waals surface area contributed by atoms with Crippen molar-refractivity contribution >= 4 is 35.1 Å². The molecule has 0 saturated heterocycles. The number of hydrogen-bond acceptors (Lipinski definition) is 3. The quantitative estimate of drug-likeness (QED) is 0.851. The summed E-state index contributed by atoms with van der Waals surface area (Å²) in [4.78, 5) is 23.2. The van der Waals surface area contributed by atoms with Crippen LogP contribution in [0.15, 0.2) is 18.2 Å². The van der Waals surface area contributed by atoms with E-state index in [1.54, 1.807) is 6.07 Å². The third-order valence-electron chi connectivity index (χ3n) is 2.52. The molecule has 1 atom stereocenters. The molecule has 0 fully saturated rings. The largest absolute Gasteiger partial charge is 0.452 e. The van der Waals surface area contributed by atoms with Crippen LogP contribution in [0.25, 0.3) is 0 Å². The Hall–Kier alpha value is -1.26. The molecule has 1 rings (SSSR count). The average molecular weight is 304 g/mol. The number of benzene rings is 1. The highest BCUT2D eigenvalue weighted by atomic mass is 35.5. The Balaban J connectivity index is 2.59. The van der Waals surface area contributed by atoms with Gasteiger partial charge in [0.15, 0.2) is 6.61 Å². The lowest BCUT2D eigenvalue weighted by Crippen LogP contribution is -2.35. The molecule has 4 nitrogen and oxygen atoms in total. The van der Waals surface area contributed by atoms with Crippen molar-refractivity contribution in [2.45, 2.75) is 26.3 Å². The van der Waals surface area contributed by atoms with Crippen molar-refractivity contribution in [3.8, 4) is 0 Å². The normalized spacial score (nSPS) is 11.8. The summed E-state index contributed by atoms with van der Waals surface area (Å²) < 4.78 is 4.88. The second-order valence-corrected chi connectivity index (χ2v) is 4.86. The Kier molecular flexibility index (Phi) is 6.12. The molecule has 0 aromatic heterocycles. The molecular formula is C13H15Cl2NO3. The van der Waals surface area contributed by atoms with Gasteiger partial charge in [0.1, 0.15) is 0 Å². The molecule has 1 unspecified atom stereocenters. The molecule has 0 aliphatic carbocycles. The van der Waals surface area contributed by atoms with E-state index in [9.17, 15) is 9.59 Å². The summed E-state index contributed by atoms with van der Waals surface area (Å²) in [6, 6.07) is 4.72. The van der Waals surface area contributed by atoms with Crippen LogP contribution in [-0.4, -0.2) is 24.5 Å². The number of carbonyl (C=O) groups is 2. The molecule has 0 saturated carbocycles. The molecule has 1 aromatic carbocycles. The van der Waals surface area contributed by atoms with E-state index in [2.05, 4.69) is 5.32 Å². The number of carbonyl (C=O) groups excluding carboxylic acids is 2. The molecule has 1 amide bonds. The van der Waals surface area contributed by atoms with Crippen molar-refractivity contribution in [2.24, 2.45) is 0 Å². The Morgan fingerprint density at radius 3 is 2.42 bits per heavy atom. The lowest BCUT2D eigenvalue weighted by molar-refractivity contribution is -0.124. The third-order valence-corrected chi connectivity index (χ3v) is 3.15. The van der Waals surface area contributed by atoms with Gasteiger partial charge in [0.2, 0.25) is 0 Å². The fourth-order valence-electron chi connectivity index (χ4n) is 1.31. The molecule has 19 heavy (non-hydrogen) atoms. The standard InChI is InChI=1S/C13H15Cl2NO3/c1-3-8(2)16-11(17)7-19-13(18)12-9(14)5-4-6-10(12)15/h4-6,8H,3,7H2,1-2H3,(H,16,17). The Bertz CT molecular complexity index is 457. The number of hydrogen-bond donors (Lipinski definition) is 1. The van der Waals surface area contributed by atoms with Crippen molar-refractivity contribution in [3.05, 3.63) is 33.8 Å². The predicted octanol–water partition coefficient (Wildman–Crippen LogP) is 3.06. The van der Waals surface area contributed by atoms with E-state index in [0.717, 1.165) is 6.42 Å². The van der Waals surface area contributed by atoms with Gasteiger partial charge < -0.3 is 10.1 Å². The summed E-state index contributed by atoms with van der Waals surface area (Å²) >= 11 is 11.7. The van der Waals surface area contributed by atoms with Crippen molar-refractivity contribution in [1.82, 2.24) is 5.32 Å². The molecule has 0 aliphatic heterocycles. The van der Waals surface area contributed by atoms with Crippen molar-refractivity contribution in [3.63, 3.8) is 0 Å². The van der Waals surface area contributed by atoms with Crippen LogP contribution in [0.4, 0.5) is 0 Å². The second kappa shape index (κ2) is 7.36. The fourth-order valence-corrected chi connectivity index (χ4v) is 1.87. The van der Waals surface area contributed by atoms with E-state index in [4.69, 9.17) is 27.9 Å². The van der Waals surface area contributed by atoms with Crippen molar-refractivity contribution in [1.29, 1.82) is 0 Å². The smallest absolute Gasteiger partial charge is 0.341 e. The number of ether oxygens (including phenoxy) is 1. The Morgan fingerprint density at radius 1 is 1.32 bits per heavy atom. The summed E-state index contributed by atoms with van der Waals surface area (Å²) in [6.45, 7) is 3.45. The molecule has 1 N–H and O–H groups in total. The maximum absolute atomic E-state index is 11.8. The van der Waals surface area contributed by atoms with E-state index in [1.165, 1.54) is 12.1 Å². The van der Waals surface area contributed by atoms with E-state index in [-0.39, 0.29) is 34.2 Å². The van der Waals surface area contributed by atoms with Crippen LogP contribution in [0.3, 0.4) is 0 Å². The molecule has 0 aliphatic rings. The summed E-state index contributed by atoms with van der Waals surface area (Å²) in [5, 5.41) is 3.07. The van der Waals surface area contributed by atoms with E-state index in [0.29, 0.717) is 0 Å². The highest BCUT2D eigenvalue weighted by molar-refractivity contribution is 6.39. The maximum atomic E-state index is 11.8. The third kappa shape index (κ3) is 4.73. The van der Waals surface area contributed by atoms with Gasteiger partial charge in [-0.25, -0.2) is 4.79 Å². The van der Waals surface area contributed by atoms with Crippen molar-refractivity contribution < 1.29 is 14.3 Å². The van der Waals surface area contributed by atoms with Gasteiger partial charge in [-0.2, -0.15) is 0 Å². The van der Waals surface area contributed by atoms with Crippen LogP contribution in [0.2, 0.25) is 10.0 Å². The van der Waals surface area contributed by atoms with Gasteiger partial charge in [0.05, 0.1) is 15.6 Å². The van der Waals surface area contributed by atoms with Gasteiger partial charge in [-0.3, -0.25) is 4.79 Å². The lowest BCUT2D eigenvalue weighted by atomic mass is 10.2. The predicted molar refractivity (Wildman–Crippen MR) is 74.6 cm³/mol. The van der Waals surface area contributed by atoms with Gasteiger partial charge in [0.25, 0.3) is 5.91 Å². The second-order valence-electron chi connectivity index (χ2n) is 4.05. The minimum Gasteiger partial charge on any atom is -0.452 e. The molecule has 6 heteroatoms. The number of halogens is 2. The Morgan fingerprint density at radius 2 is 1.89 bits per heavy atom. The van der Waals surface area contributed by atoms with Gasteiger partial charge in [-0.05, 0) is 25.5 Å². The molecule has 0 heterocycles. The van der Waals surface area contributed by atoms with Crippen LogP contribution in [0.5, 0.6) is 0 Å². The topological polar surface area (TPSA) is 55.4 Å². The fraction of sp³-hybridized carbons (Fsp3) is 0.385. The summed E-state index contributed by atoms with van der Waals surface area (Å²) in [5.41, 5.74) is 0.0715. The molecule has 104 valence electrons. The summed E-state index contributed by atoms with van der Waals surface area (Å²) in [5.74, 6) is -1.07. The number of rotatable bonds is 5. The highest BCUT2D eigenvalue weighted by Crippen LogP contribution is 2.24. The maximum Gasteiger partial charge on any atom is 0.341 e. The minimum absolute atomic E-state index is 0.0371. The minimum atomic E-state index is -0.713. The molecule has 1 aromatic rings. The van der Waals surface area contributed by atoms with Crippen LogP contribution in [0.1, 0.15) is 30.6 Å². The SMILES string of the molecule is CCC(C)NC(=O)COC(=O)c1c(Cl)cccc1Cl. The molecule has 0 radical (unpaired) electrons. The Labute approximate surface area is 122 Å². The van der Waals surface area contributed by atoms with Crippen LogP contribution < -0.4 is 5.32 Å². The lowest BCUT2D eigenvalue weighted by Gasteiger charge is -2.12. The molecular weight excluding hydrogens is 289 g/mol. The number of esters is 1. The number of amides is 1. The zero-order valence-electron chi connectivity index (χ0n) is 10.7. The van der Waals surface area contributed by atoms with E-state index in [1.807, 2.05) is 13.8 Å². The van der Waals surface area contributed by atoms with Gasteiger partial charge in [0, 0.05) is 6.04 Å². The first-order valence-corrected chi connectivity index (χ1v) is 6.61. The van der Waals surface area contributed by atoms with Gasteiger partial charge >= 0.3 is 5.97 Å². The zero-order valence-corrected chi connectivity index (χ0v) is 12.2. The first-order valence-electron chi connectivity index (χ1n) is 5.86.